The Morgan fingerprint density at radius 2 is 0.963 bits per heavy atom. The van der Waals surface area contributed by atoms with E-state index in [0.29, 0.717) is 9.79 Å². The van der Waals surface area contributed by atoms with Crippen LogP contribution in [-0.2, 0) is 29.3 Å². The quantitative estimate of drug-likeness (QED) is 0.637. The maximum atomic E-state index is 11.8. The van der Waals surface area contributed by atoms with E-state index in [2.05, 4.69) is 0 Å². The van der Waals surface area contributed by atoms with Gasteiger partial charge in [0.2, 0.25) is 0 Å². The first-order valence-corrected chi connectivity index (χ1v) is 11.4. The van der Waals surface area contributed by atoms with E-state index in [0.717, 1.165) is 0 Å². The van der Waals surface area contributed by atoms with Gasteiger partial charge < -0.3 is 10.2 Å². The van der Waals surface area contributed by atoms with E-state index in [1.807, 2.05) is 0 Å². The molecule has 0 aliphatic heterocycles. The standard InChI is InChI=1S/C16H14O8S3/c17-15(18)9-26(21,22)13-5-1-11(2-6-13)25-12-3-7-14(8-4-12)27(23,24)10-16(19)20/h1-8H,9-10H2,(H,17,18)(H,19,20). The summed E-state index contributed by atoms with van der Waals surface area (Å²) in [6, 6.07) is 11.2. The fourth-order valence-electron chi connectivity index (χ4n) is 2.06. The lowest BCUT2D eigenvalue weighted by molar-refractivity contribution is -0.135. The molecule has 0 atom stereocenters. The predicted octanol–water partition coefficient (Wildman–Crippen LogP) is 1.55. The number of carboxylic acids is 2. The number of sulfone groups is 2. The summed E-state index contributed by atoms with van der Waals surface area (Å²) in [4.78, 5) is 22.3. The van der Waals surface area contributed by atoms with Gasteiger partial charge in [-0.15, -0.1) is 0 Å². The number of rotatable bonds is 8. The Labute approximate surface area is 159 Å². The molecule has 0 saturated heterocycles. The van der Waals surface area contributed by atoms with E-state index in [1.165, 1.54) is 60.3 Å². The highest BCUT2D eigenvalue weighted by atomic mass is 32.2. The molecule has 11 heteroatoms. The Morgan fingerprint density at radius 3 is 1.22 bits per heavy atom. The molecular formula is C16H14O8S3. The molecule has 2 aromatic rings. The van der Waals surface area contributed by atoms with Gasteiger partial charge in [-0.3, -0.25) is 9.59 Å². The first-order valence-electron chi connectivity index (χ1n) is 7.27. The van der Waals surface area contributed by atoms with Gasteiger partial charge in [-0.25, -0.2) is 16.8 Å². The summed E-state index contributed by atoms with van der Waals surface area (Å²) >= 11 is 1.23. The van der Waals surface area contributed by atoms with Gasteiger partial charge in [0.15, 0.2) is 31.2 Å². The number of carboxylic acid groups (broad SMARTS) is 2. The van der Waals surface area contributed by atoms with Crippen molar-refractivity contribution < 1.29 is 36.6 Å². The smallest absolute Gasteiger partial charge is 0.319 e. The number of aliphatic carboxylic acids is 2. The average molecular weight is 430 g/mol. The third-order valence-corrected chi connectivity index (χ3v) is 7.48. The molecule has 0 aliphatic carbocycles. The molecule has 0 amide bonds. The highest BCUT2D eigenvalue weighted by Crippen LogP contribution is 2.29. The van der Waals surface area contributed by atoms with Crippen LogP contribution in [0.15, 0.2) is 68.1 Å². The van der Waals surface area contributed by atoms with Crippen molar-refractivity contribution in [2.75, 3.05) is 11.5 Å². The molecule has 2 aromatic carbocycles. The third-order valence-electron chi connectivity index (χ3n) is 3.23. The summed E-state index contributed by atoms with van der Waals surface area (Å²) in [7, 11) is -7.81. The molecule has 0 heterocycles. The van der Waals surface area contributed by atoms with Crippen LogP contribution < -0.4 is 0 Å². The fourth-order valence-corrected chi connectivity index (χ4v) is 4.96. The lowest BCUT2D eigenvalue weighted by Gasteiger charge is -2.06. The van der Waals surface area contributed by atoms with Gasteiger partial charge in [-0.05, 0) is 48.5 Å². The Balaban J connectivity index is 2.14. The molecular weight excluding hydrogens is 416 g/mol. The van der Waals surface area contributed by atoms with E-state index in [-0.39, 0.29) is 9.79 Å². The molecule has 144 valence electrons. The van der Waals surface area contributed by atoms with Crippen LogP contribution in [0, 0.1) is 0 Å². The lowest BCUT2D eigenvalue weighted by Crippen LogP contribution is -2.15. The molecule has 8 nitrogen and oxygen atoms in total. The van der Waals surface area contributed by atoms with Crippen molar-refractivity contribution in [1.82, 2.24) is 0 Å². The normalized spacial score (nSPS) is 11.9. The van der Waals surface area contributed by atoms with E-state index < -0.39 is 43.1 Å². The van der Waals surface area contributed by atoms with Crippen molar-refractivity contribution in [3.8, 4) is 0 Å². The molecule has 2 N–H and O–H groups in total. The van der Waals surface area contributed by atoms with Crippen molar-refractivity contribution in [3.63, 3.8) is 0 Å². The monoisotopic (exact) mass is 430 g/mol. The summed E-state index contributed by atoms with van der Waals surface area (Å²) < 4.78 is 47.3. The molecule has 2 rings (SSSR count). The Hall–Kier alpha value is -2.37. The van der Waals surface area contributed by atoms with Gasteiger partial charge in [-0.1, -0.05) is 11.8 Å². The van der Waals surface area contributed by atoms with E-state index in [9.17, 15) is 26.4 Å². The largest absolute Gasteiger partial charge is 0.480 e. The maximum Gasteiger partial charge on any atom is 0.319 e. The van der Waals surface area contributed by atoms with E-state index in [4.69, 9.17) is 10.2 Å². The summed E-state index contributed by atoms with van der Waals surface area (Å²) in [5, 5.41) is 17.3. The SMILES string of the molecule is O=C(O)CS(=O)(=O)c1ccc(Sc2ccc(S(=O)(=O)CC(=O)O)cc2)cc1. The average Bonchev–Trinajstić information content (AvgIpc) is 2.53. The van der Waals surface area contributed by atoms with E-state index in [1.54, 1.807) is 0 Å². The van der Waals surface area contributed by atoms with Crippen molar-refractivity contribution in [2.24, 2.45) is 0 Å². The van der Waals surface area contributed by atoms with Crippen molar-refractivity contribution in [2.45, 2.75) is 19.6 Å². The molecule has 0 fully saturated rings. The minimum absolute atomic E-state index is 0.107. The molecule has 0 radical (unpaired) electrons. The highest BCUT2D eigenvalue weighted by Gasteiger charge is 2.19. The summed E-state index contributed by atoms with van der Waals surface area (Å²) in [5.74, 6) is -4.87. The topological polar surface area (TPSA) is 143 Å². The molecule has 0 aromatic heterocycles. The molecule has 0 aliphatic rings. The van der Waals surface area contributed by atoms with Crippen LogP contribution in [0.25, 0.3) is 0 Å². The zero-order valence-electron chi connectivity index (χ0n) is 13.6. The number of hydrogen-bond donors (Lipinski definition) is 2. The second kappa shape index (κ2) is 8.11. The molecule has 0 saturated carbocycles. The van der Waals surface area contributed by atoms with Crippen molar-refractivity contribution in [1.29, 1.82) is 0 Å². The zero-order chi connectivity index (χ0) is 20.2. The van der Waals surface area contributed by atoms with Crippen LogP contribution in [0.2, 0.25) is 0 Å². The second-order valence-electron chi connectivity index (χ2n) is 5.35. The summed E-state index contributed by atoms with van der Waals surface area (Å²) in [6.45, 7) is 0. The van der Waals surface area contributed by atoms with E-state index >= 15 is 0 Å². The van der Waals surface area contributed by atoms with Crippen molar-refractivity contribution in [3.05, 3.63) is 48.5 Å². The van der Waals surface area contributed by atoms with Gasteiger partial charge in [0, 0.05) is 9.79 Å². The van der Waals surface area contributed by atoms with Crippen LogP contribution in [-0.4, -0.2) is 50.5 Å². The summed E-state index contributed by atoms with van der Waals surface area (Å²) in [5.41, 5.74) is 0. The Bertz CT molecular complexity index is 966. The van der Waals surface area contributed by atoms with Crippen LogP contribution in [0.5, 0.6) is 0 Å². The minimum atomic E-state index is -3.90. The first kappa shape index (κ1) is 20.9. The van der Waals surface area contributed by atoms with Crippen LogP contribution in [0.4, 0.5) is 0 Å². The van der Waals surface area contributed by atoms with Crippen molar-refractivity contribution >= 4 is 43.4 Å². The molecule has 27 heavy (non-hydrogen) atoms. The summed E-state index contributed by atoms with van der Waals surface area (Å²) in [6.07, 6.45) is 0. The maximum absolute atomic E-state index is 11.8. The van der Waals surface area contributed by atoms with Gasteiger partial charge >= 0.3 is 11.9 Å². The van der Waals surface area contributed by atoms with Gasteiger partial charge in [0.1, 0.15) is 0 Å². The van der Waals surface area contributed by atoms with Crippen LogP contribution in [0.1, 0.15) is 0 Å². The fraction of sp³-hybridized carbons (Fsp3) is 0.125. The first-order chi connectivity index (χ1) is 12.5. The van der Waals surface area contributed by atoms with Gasteiger partial charge in [0.05, 0.1) is 9.79 Å². The van der Waals surface area contributed by atoms with Crippen LogP contribution in [0.3, 0.4) is 0 Å². The number of hydrogen-bond acceptors (Lipinski definition) is 7. The Kier molecular flexibility index (Phi) is 6.29. The number of benzene rings is 2. The second-order valence-corrected chi connectivity index (χ2v) is 10.5. The van der Waals surface area contributed by atoms with Gasteiger partial charge in [-0.2, -0.15) is 0 Å². The highest BCUT2D eigenvalue weighted by molar-refractivity contribution is 7.99. The molecule has 0 bridgehead atoms. The third kappa shape index (κ3) is 5.81. The molecule has 0 unspecified atom stereocenters. The van der Waals surface area contributed by atoms with Crippen LogP contribution >= 0.6 is 11.8 Å². The lowest BCUT2D eigenvalue weighted by atomic mass is 10.4. The zero-order valence-corrected chi connectivity index (χ0v) is 16.1. The van der Waals surface area contributed by atoms with Gasteiger partial charge in [0.25, 0.3) is 0 Å². The predicted molar refractivity (Wildman–Crippen MR) is 96.4 cm³/mol. The minimum Gasteiger partial charge on any atom is -0.480 e. The Morgan fingerprint density at radius 1 is 0.667 bits per heavy atom. The number of carbonyl (C=O) groups is 2. The molecule has 0 spiro atoms.